The van der Waals surface area contributed by atoms with E-state index in [0.717, 1.165) is 11.3 Å². The molecule has 0 saturated carbocycles. The molecule has 1 heterocycles. The number of rotatable bonds is 8. The van der Waals surface area contributed by atoms with Gasteiger partial charge in [-0.05, 0) is 36.8 Å². The number of amides is 1. The summed E-state index contributed by atoms with van der Waals surface area (Å²) in [4.78, 5) is 43.3. The van der Waals surface area contributed by atoms with Gasteiger partial charge in [-0.3, -0.25) is 14.4 Å². The van der Waals surface area contributed by atoms with Crippen LogP contribution in [-0.2, 0) is 27.3 Å². The number of aryl methyl sites for hydroxylation is 1. The summed E-state index contributed by atoms with van der Waals surface area (Å²) >= 11 is 0. The normalized spacial score (nSPS) is 11.7. The van der Waals surface area contributed by atoms with E-state index in [1.807, 2.05) is 12.1 Å². The van der Waals surface area contributed by atoms with Crippen molar-refractivity contribution < 1.29 is 19.1 Å². The summed E-state index contributed by atoms with van der Waals surface area (Å²) in [5, 5.41) is 3.22. The smallest absolute Gasteiger partial charge is 0.307 e. The SMILES string of the molecule is COc1ccc(CNC(=O)[C@@H](C)OC(=O)CCc2nc3ccccc3c(=O)[nH]2)cc1. The maximum Gasteiger partial charge on any atom is 0.307 e. The van der Waals surface area contributed by atoms with E-state index in [4.69, 9.17) is 9.47 Å². The van der Waals surface area contributed by atoms with E-state index in [2.05, 4.69) is 15.3 Å². The zero-order valence-corrected chi connectivity index (χ0v) is 16.8. The first kappa shape index (κ1) is 21.0. The van der Waals surface area contributed by atoms with Crippen molar-refractivity contribution in [3.8, 4) is 5.75 Å². The fraction of sp³-hybridized carbons (Fsp3) is 0.273. The van der Waals surface area contributed by atoms with E-state index in [-0.39, 0.29) is 18.4 Å². The van der Waals surface area contributed by atoms with Crippen LogP contribution in [0, 0.1) is 0 Å². The Labute approximate surface area is 173 Å². The summed E-state index contributed by atoms with van der Waals surface area (Å²) in [6.07, 6.45) is -0.726. The third kappa shape index (κ3) is 5.44. The topological polar surface area (TPSA) is 110 Å². The molecule has 8 nitrogen and oxygen atoms in total. The molecular weight excluding hydrogens is 386 g/mol. The molecule has 0 spiro atoms. The number of carbonyl (C=O) groups is 2. The van der Waals surface area contributed by atoms with Gasteiger partial charge in [-0.25, -0.2) is 4.98 Å². The lowest BCUT2D eigenvalue weighted by molar-refractivity contribution is -0.154. The first-order chi connectivity index (χ1) is 14.5. The molecule has 0 aliphatic carbocycles. The number of hydrogen-bond donors (Lipinski definition) is 2. The Morgan fingerprint density at radius 1 is 1.13 bits per heavy atom. The minimum Gasteiger partial charge on any atom is -0.497 e. The Balaban J connectivity index is 1.47. The van der Waals surface area contributed by atoms with Crippen molar-refractivity contribution in [3.05, 3.63) is 70.3 Å². The van der Waals surface area contributed by atoms with Gasteiger partial charge in [-0.2, -0.15) is 0 Å². The standard InChI is InChI=1S/C22H23N3O5/c1-14(21(27)23-13-15-7-9-16(29-2)10-8-15)30-20(26)12-11-19-24-18-6-4-3-5-17(18)22(28)25-19/h3-10,14H,11-13H2,1-2H3,(H,23,27)(H,24,25,28)/t14-/m1/s1. The van der Waals surface area contributed by atoms with Gasteiger partial charge in [0, 0.05) is 13.0 Å². The number of aromatic nitrogens is 2. The predicted molar refractivity (Wildman–Crippen MR) is 111 cm³/mol. The molecular formula is C22H23N3O5. The van der Waals surface area contributed by atoms with Crippen molar-refractivity contribution >= 4 is 22.8 Å². The molecule has 8 heteroatoms. The summed E-state index contributed by atoms with van der Waals surface area (Å²) in [6, 6.07) is 14.3. The van der Waals surface area contributed by atoms with Crippen molar-refractivity contribution in [2.24, 2.45) is 0 Å². The van der Waals surface area contributed by atoms with Crippen LogP contribution in [0.15, 0.2) is 53.3 Å². The van der Waals surface area contributed by atoms with Crippen LogP contribution in [0.3, 0.4) is 0 Å². The van der Waals surface area contributed by atoms with Gasteiger partial charge in [0.15, 0.2) is 6.10 Å². The van der Waals surface area contributed by atoms with Gasteiger partial charge in [-0.15, -0.1) is 0 Å². The third-order valence-electron chi connectivity index (χ3n) is 4.53. The number of esters is 1. The summed E-state index contributed by atoms with van der Waals surface area (Å²) in [5.41, 5.74) is 1.21. The van der Waals surface area contributed by atoms with E-state index in [0.29, 0.717) is 23.3 Å². The maximum absolute atomic E-state index is 12.2. The number of carbonyl (C=O) groups excluding carboxylic acids is 2. The van der Waals surface area contributed by atoms with E-state index in [9.17, 15) is 14.4 Å². The second kappa shape index (κ2) is 9.69. The fourth-order valence-corrected chi connectivity index (χ4v) is 2.86. The van der Waals surface area contributed by atoms with Crippen molar-refractivity contribution in [2.45, 2.75) is 32.4 Å². The van der Waals surface area contributed by atoms with Crippen LogP contribution in [-0.4, -0.2) is 35.1 Å². The molecule has 1 amide bonds. The number of H-pyrrole nitrogens is 1. The first-order valence-electron chi connectivity index (χ1n) is 9.54. The highest BCUT2D eigenvalue weighted by molar-refractivity contribution is 5.83. The van der Waals surface area contributed by atoms with Crippen LogP contribution >= 0.6 is 0 Å². The van der Waals surface area contributed by atoms with E-state index < -0.39 is 18.0 Å². The van der Waals surface area contributed by atoms with Crippen LogP contribution in [0.1, 0.15) is 24.7 Å². The highest BCUT2D eigenvalue weighted by Crippen LogP contribution is 2.11. The molecule has 0 bridgehead atoms. The van der Waals surface area contributed by atoms with Gasteiger partial charge in [0.25, 0.3) is 11.5 Å². The summed E-state index contributed by atoms with van der Waals surface area (Å²) < 4.78 is 10.3. The lowest BCUT2D eigenvalue weighted by Gasteiger charge is -2.13. The van der Waals surface area contributed by atoms with Gasteiger partial charge in [-0.1, -0.05) is 24.3 Å². The molecule has 0 radical (unpaired) electrons. The molecule has 0 aliphatic heterocycles. The second-order valence-corrected chi connectivity index (χ2v) is 6.73. The predicted octanol–water partition coefficient (Wildman–Crippen LogP) is 2.11. The van der Waals surface area contributed by atoms with Crippen LogP contribution in [0.2, 0.25) is 0 Å². The molecule has 1 atom stereocenters. The lowest BCUT2D eigenvalue weighted by atomic mass is 10.2. The van der Waals surface area contributed by atoms with Crippen LogP contribution in [0.25, 0.3) is 10.9 Å². The Kier molecular flexibility index (Phi) is 6.79. The van der Waals surface area contributed by atoms with E-state index in [1.54, 1.807) is 43.5 Å². The zero-order chi connectivity index (χ0) is 21.5. The Hall–Kier alpha value is -3.68. The summed E-state index contributed by atoms with van der Waals surface area (Å²) in [6.45, 7) is 1.82. The van der Waals surface area contributed by atoms with Crippen LogP contribution in [0.5, 0.6) is 5.75 Å². The van der Waals surface area contributed by atoms with Crippen molar-refractivity contribution in [1.82, 2.24) is 15.3 Å². The van der Waals surface area contributed by atoms with Gasteiger partial charge in [0.1, 0.15) is 11.6 Å². The molecule has 2 N–H and O–H groups in total. The number of aromatic amines is 1. The average Bonchev–Trinajstić information content (AvgIpc) is 2.76. The molecule has 3 aromatic rings. The van der Waals surface area contributed by atoms with E-state index >= 15 is 0 Å². The average molecular weight is 409 g/mol. The van der Waals surface area contributed by atoms with Gasteiger partial charge >= 0.3 is 5.97 Å². The largest absolute Gasteiger partial charge is 0.497 e. The van der Waals surface area contributed by atoms with Crippen molar-refractivity contribution in [1.29, 1.82) is 0 Å². The molecule has 156 valence electrons. The summed E-state index contributed by atoms with van der Waals surface area (Å²) in [7, 11) is 1.58. The lowest BCUT2D eigenvalue weighted by Crippen LogP contribution is -2.35. The number of nitrogens with one attached hydrogen (secondary N) is 2. The number of hydrogen-bond acceptors (Lipinski definition) is 6. The van der Waals surface area contributed by atoms with Crippen molar-refractivity contribution in [3.63, 3.8) is 0 Å². The van der Waals surface area contributed by atoms with Gasteiger partial charge in [0.05, 0.1) is 24.4 Å². The maximum atomic E-state index is 12.2. The third-order valence-corrected chi connectivity index (χ3v) is 4.53. The number of methoxy groups -OCH3 is 1. The Bertz CT molecular complexity index is 1090. The second-order valence-electron chi connectivity index (χ2n) is 6.73. The Morgan fingerprint density at radius 2 is 1.87 bits per heavy atom. The minimum atomic E-state index is -0.931. The van der Waals surface area contributed by atoms with Crippen molar-refractivity contribution in [2.75, 3.05) is 7.11 Å². The summed E-state index contributed by atoms with van der Waals surface area (Å²) in [5.74, 6) is 0.191. The van der Waals surface area contributed by atoms with Gasteiger partial charge in [0.2, 0.25) is 0 Å². The number of para-hydroxylation sites is 1. The van der Waals surface area contributed by atoms with Crippen LogP contribution in [0.4, 0.5) is 0 Å². The minimum absolute atomic E-state index is 0.00260. The highest BCUT2D eigenvalue weighted by atomic mass is 16.5. The highest BCUT2D eigenvalue weighted by Gasteiger charge is 2.18. The van der Waals surface area contributed by atoms with Crippen LogP contribution < -0.4 is 15.6 Å². The van der Waals surface area contributed by atoms with Gasteiger partial charge < -0.3 is 19.8 Å². The molecule has 2 aromatic carbocycles. The monoisotopic (exact) mass is 409 g/mol. The first-order valence-corrected chi connectivity index (χ1v) is 9.54. The number of nitrogens with zero attached hydrogens (tertiary/aromatic N) is 1. The number of benzene rings is 2. The molecule has 1 aromatic heterocycles. The number of fused-ring (bicyclic) bond motifs is 1. The molecule has 0 unspecified atom stereocenters. The molecule has 3 rings (SSSR count). The zero-order valence-electron chi connectivity index (χ0n) is 16.8. The fourth-order valence-electron chi connectivity index (χ4n) is 2.86. The molecule has 0 saturated heterocycles. The molecule has 30 heavy (non-hydrogen) atoms. The quantitative estimate of drug-likeness (QED) is 0.552. The molecule has 0 fully saturated rings. The number of ether oxygens (including phenoxy) is 2. The Morgan fingerprint density at radius 3 is 2.60 bits per heavy atom. The molecule has 0 aliphatic rings. The van der Waals surface area contributed by atoms with E-state index in [1.165, 1.54) is 6.92 Å².